The van der Waals surface area contributed by atoms with Gasteiger partial charge in [0, 0.05) is 25.1 Å². The van der Waals surface area contributed by atoms with Gasteiger partial charge in [-0.05, 0) is 125 Å². The Morgan fingerprint density at radius 2 is 1.73 bits per heavy atom. The lowest BCUT2D eigenvalue weighted by molar-refractivity contribution is -0.247. The average molecular weight is 618 g/mol. The van der Waals surface area contributed by atoms with Crippen LogP contribution in [0.3, 0.4) is 0 Å². The van der Waals surface area contributed by atoms with Crippen LogP contribution in [0, 0.1) is 50.7 Å². The molecule has 7 aliphatic rings. The van der Waals surface area contributed by atoms with Crippen molar-refractivity contribution in [1.29, 1.82) is 0 Å². The van der Waals surface area contributed by atoms with Gasteiger partial charge in [0.05, 0.1) is 36.6 Å². The first-order chi connectivity index (χ1) is 20.6. The summed E-state index contributed by atoms with van der Waals surface area (Å²) < 4.78 is 25.9. The molecule has 0 aromatic carbocycles. The van der Waals surface area contributed by atoms with E-state index >= 15 is 0 Å². The number of ether oxygens (including phenoxy) is 4. The molecule has 0 aromatic heterocycles. The van der Waals surface area contributed by atoms with E-state index in [4.69, 9.17) is 18.9 Å². The number of fused-ring (bicyclic) bond motifs is 4. The van der Waals surface area contributed by atoms with Gasteiger partial charge >= 0.3 is 0 Å². The third-order valence-corrected chi connectivity index (χ3v) is 15.7. The molecule has 0 amide bonds. The summed E-state index contributed by atoms with van der Waals surface area (Å²) in [5, 5.41) is 23.6. The van der Waals surface area contributed by atoms with E-state index < -0.39 is 17.8 Å². The minimum atomic E-state index is -1.01. The van der Waals surface area contributed by atoms with Crippen molar-refractivity contribution in [1.82, 2.24) is 4.90 Å². The van der Waals surface area contributed by atoms with Crippen LogP contribution < -0.4 is 0 Å². The molecule has 0 radical (unpaired) electrons. The highest BCUT2D eigenvalue weighted by atomic mass is 16.7. The van der Waals surface area contributed by atoms with Crippen LogP contribution in [0.1, 0.15) is 107 Å². The fourth-order valence-electron chi connectivity index (χ4n) is 13.7. The molecule has 2 saturated heterocycles. The Bertz CT molecular complexity index is 1110. The van der Waals surface area contributed by atoms with Gasteiger partial charge in [-0.25, -0.2) is 0 Å². The summed E-state index contributed by atoms with van der Waals surface area (Å²) in [7, 11) is 2.16. The summed E-state index contributed by atoms with van der Waals surface area (Å²) in [5.74, 6) is 1.89. The Morgan fingerprint density at radius 1 is 1.02 bits per heavy atom. The highest BCUT2D eigenvalue weighted by Gasteiger charge is 2.84. The normalized spacial score (nSPS) is 53.9. The van der Waals surface area contributed by atoms with Gasteiger partial charge in [0.15, 0.2) is 6.29 Å². The lowest BCUT2D eigenvalue weighted by atomic mass is 9.41. The summed E-state index contributed by atoms with van der Waals surface area (Å²) >= 11 is 0. The van der Waals surface area contributed by atoms with Crippen molar-refractivity contribution in [2.24, 2.45) is 50.7 Å². The smallest absolute Gasteiger partial charge is 0.170 e. The van der Waals surface area contributed by atoms with Crippen LogP contribution in [0.5, 0.6) is 0 Å². The van der Waals surface area contributed by atoms with Crippen molar-refractivity contribution in [2.75, 3.05) is 33.4 Å². The molecular formula is C37H63NO6. The number of rotatable bonds is 6. The third-order valence-electron chi connectivity index (χ3n) is 15.7. The summed E-state index contributed by atoms with van der Waals surface area (Å²) in [4.78, 5) is 2.32. The Balaban J connectivity index is 1.15. The van der Waals surface area contributed by atoms with Crippen LogP contribution in [0.15, 0.2) is 0 Å². The predicted octanol–water partition coefficient (Wildman–Crippen LogP) is 5.65. The molecule has 0 bridgehead atoms. The molecule has 44 heavy (non-hydrogen) atoms. The standard InChI is InChI=1S/C37H63NO6/c1-10-41-31(33(5,6)40)23-19-22(2)28-29(43-23)30(39)35(8)25-12-11-24-32(3,4)26(44-27-20-38(9)17-18-42-27)13-14-36(24)21-37(25,36)16-15-34(28,35)7/h22-31,39-40H,10-21H2,1-9H3/t22-,23-,24+,25+,26+,27+,28+,29+,30+,31+,34-,35-,36-,37+/m1/s1. The number of likely N-dealkylation sites (N-methyl/N-ethyl adjacent to an activating group) is 1. The van der Waals surface area contributed by atoms with E-state index in [-0.39, 0.29) is 40.8 Å². The zero-order valence-corrected chi connectivity index (χ0v) is 29.2. The van der Waals surface area contributed by atoms with Crippen LogP contribution in [0.2, 0.25) is 0 Å². The van der Waals surface area contributed by atoms with Crippen molar-refractivity contribution in [2.45, 2.75) is 149 Å². The molecule has 0 unspecified atom stereocenters. The Morgan fingerprint density at radius 3 is 2.41 bits per heavy atom. The van der Waals surface area contributed by atoms with E-state index in [1.165, 1.54) is 38.5 Å². The van der Waals surface area contributed by atoms with Crippen molar-refractivity contribution < 1.29 is 29.2 Å². The van der Waals surface area contributed by atoms with E-state index in [1.54, 1.807) is 0 Å². The number of hydrogen-bond acceptors (Lipinski definition) is 7. The molecule has 7 nitrogen and oxygen atoms in total. The van der Waals surface area contributed by atoms with E-state index in [9.17, 15) is 10.2 Å². The molecule has 252 valence electrons. The quantitative estimate of drug-likeness (QED) is 0.399. The number of nitrogens with zero attached hydrogens (tertiary/aromatic N) is 1. The maximum Gasteiger partial charge on any atom is 0.170 e. The highest BCUT2D eigenvalue weighted by Crippen LogP contribution is 2.89. The topological polar surface area (TPSA) is 80.6 Å². The fourth-order valence-corrected chi connectivity index (χ4v) is 13.7. The zero-order valence-electron chi connectivity index (χ0n) is 29.2. The molecule has 5 aliphatic carbocycles. The molecule has 7 fully saturated rings. The monoisotopic (exact) mass is 617 g/mol. The zero-order chi connectivity index (χ0) is 31.7. The number of aliphatic hydroxyl groups excluding tert-OH is 1. The second-order valence-corrected chi connectivity index (χ2v) is 18.3. The van der Waals surface area contributed by atoms with Gasteiger partial charge in [0.2, 0.25) is 0 Å². The fraction of sp³-hybridized carbons (Fsp3) is 1.00. The molecule has 2 spiro atoms. The lowest BCUT2D eigenvalue weighted by Crippen LogP contribution is -2.60. The van der Waals surface area contributed by atoms with Crippen LogP contribution in [0.25, 0.3) is 0 Å². The SMILES string of the molecule is CCO[C@@H]([C@H]1C[C@@H](C)[C@H]2[C@H](O1)[C@H](O)[C@@]1(C)[C@@H]3CC[C@H]4C(C)(C)[C@@H](O[C@H]5CN(C)CCO5)CC[C@@]45C[C@@]35CC[C@]21C)C(C)(C)O. The largest absolute Gasteiger partial charge is 0.390 e. The van der Waals surface area contributed by atoms with E-state index in [1.807, 2.05) is 20.8 Å². The molecule has 7 heteroatoms. The van der Waals surface area contributed by atoms with Crippen LogP contribution in [-0.4, -0.2) is 90.9 Å². The van der Waals surface area contributed by atoms with Gasteiger partial charge in [0.1, 0.15) is 6.10 Å². The first-order valence-electron chi connectivity index (χ1n) is 18.2. The maximum absolute atomic E-state index is 12.5. The van der Waals surface area contributed by atoms with Crippen LogP contribution in [0.4, 0.5) is 0 Å². The molecule has 2 N–H and O–H groups in total. The lowest BCUT2D eigenvalue weighted by Gasteiger charge is -2.64. The maximum atomic E-state index is 12.5. The molecule has 7 rings (SSSR count). The van der Waals surface area contributed by atoms with Gasteiger partial charge in [-0.1, -0.05) is 34.6 Å². The first-order valence-corrected chi connectivity index (χ1v) is 18.2. The molecule has 14 atom stereocenters. The summed E-state index contributed by atoms with van der Waals surface area (Å²) in [5.41, 5.74) is -0.361. The predicted molar refractivity (Wildman–Crippen MR) is 170 cm³/mol. The molecule has 5 saturated carbocycles. The molecule has 2 aliphatic heterocycles. The van der Waals surface area contributed by atoms with E-state index in [0.29, 0.717) is 41.1 Å². The summed E-state index contributed by atoms with van der Waals surface area (Å²) in [6.45, 7) is 21.1. The highest BCUT2D eigenvalue weighted by molar-refractivity contribution is 5.33. The average Bonchev–Trinajstić information content (AvgIpc) is 3.57. The van der Waals surface area contributed by atoms with E-state index in [2.05, 4.69) is 46.6 Å². The molecule has 0 aromatic rings. The Kier molecular flexibility index (Phi) is 7.60. The number of hydrogen-bond donors (Lipinski definition) is 2. The van der Waals surface area contributed by atoms with Gasteiger partial charge in [-0.2, -0.15) is 0 Å². The van der Waals surface area contributed by atoms with Gasteiger partial charge in [-0.15, -0.1) is 0 Å². The Labute approximate surface area is 267 Å². The van der Waals surface area contributed by atoms with Crippen molar-refractivity contribution in [3.8, 4) is 0 Å². The minimum absolute atomic E-state index is 0.0318. The number of aliphatic hydroxyl groups is 2. The molecule has 2 heterocycles. The summed E-state index contributed by atoms with van der Waals surface area (Å²) in [6, 6.07) is 0. The second-order valence-electron chi connectivity index (χ2n) is 18.3. The van der Waals surface area contributed by atoms with Crippen LogP contribution in [-0.2, 0) is 18.9 Å². The van der Waals surface area contributed by atoms with E-state index in [0.717, 1.165) is 32.5 Å². The van der Waals surface area contributed by atoms with Gasteiger partial charge in [-0.3, -0.25) is 4.90 Å². The first kappa shape index (κ1) is 32.3. The molecular weight excluding hydrogens is 554 g/mol. The van der Waals surface area contributed by atoms with Crippen LogP contribution >= 0.6 is 0 Å². The third kappa shape index (κ3) is 4.18. The van der Waals surface area contributed by atoms with Crippen molar-refractivity contribution in [3.63, 3.8) is 0 Å². The van der Waals surface area contributed by atoms with Gasteiger partial charge < -0.3 is 29.2 Å². The second kappa shape index (κ2) is 10.4. The van der Waals surface area contributed by atoms with Crippen molar-refractivity contribution in [3.05, 3.63) is 0 Å². The van der Waals surface area contributed by atoms with Gasteiger partial charge in [0.25, 0.3) is 0 Å². The summed E-state index contributed by atoms with van der Waals surface area (Å²) in [6.07, 6.45) is 8.21. The minimum Gasteiger partial charge on any atom is -0.390 e. The number of morpholine rings is 1. The Hall–Kier alpha value is -0.280. The van der Waals surface area contributed by atoms with Crippen molar-refractivity contribution >= 4 is 0 Å².